The lowest BCUT2D eigenvalue weighted by atomic mass is 9.96. The van der Waals surface area contributed by atoms with Gasteiger partial charge in [0.1, 0.15) is 0 Å². The molecule has 0 aromatic heterocycles. The van der Waals surface area contributed by atoms with E-state index in [0.717, 1.165) is 77.4 Å². The van der Waals surface area contributed by atoms with Crippen LogP contribution in [0.3, 0.4) is 0 Å². The molecule has 1 aromatic rings. The van der Waals surface area contributed by atoms with Crippen molar-refractivity contribution >= 4 is 5.96 Å². The third-order valence-corrected chi connectivity index (χ3v) is 6.21. The van der Waals surface area contributed by atoms with Gasteiger partial charge in [0.2, 0.25) is 0 Å². The van der Waals surface area contributed by atoms with Crippen LogP contribution in [0.2, 0.25) is 0 Å². The van der Waals surface area contributed by atoms with Gasteiger partial charge in [0.05, 0.1) is 0 Å². The highest BCUT2D eigenvalue weighted by atomic mass is 16.5. The highest BCUT2D eigenvalue weighted by Crippen LogP contribution is 2.18. The Hall–Kier alpha value is -1.63. The maximum atomic E-state index is 5.46. The molecule has 0 amide bonds. The van der Waals surface area contributed by atoms with Gasteiger partial charge in [-0.25, -0.2) is 0 Å². The van der Waals surface area contributed by atoms with Gasteiger partial charge < -0.3 is 15.0 Å². The van der Waals surface area contributed by atoms with Gasteiger partial charge in [-0.3, -0.25) is 14.8 Å². The molecule has 3 rings (SSSR count). The first-order chi connectivity index (χ1) is 14.2. The molecular weight excluding hydrogens is 362 g/mol. The van der Waals surface area contributed by atoms with Crippen molar-refractivity contribution in [1.29, 1.82) is 0 Å². The fourth-order valence-electron chi connectivity index (χ4n) is 4.24. The van der Waals surface area contributed by atoms with E-state index in [1.807, 2.05) is 7.05 Å². The molecule has 0 bridgehead atoms. The number of ether oxygens (including phenoxy) is 1. The zero-order valence-corrected chi connectivity index (χ0v) is 18.4. The Bertz CT molecular complexity index is 595. The van der Waals surface area contributed by atoms with Crippen LogP contribution in [0.15, 0.2) is 35.3 Å². The summed E-state index contributed by atoms with van der Waals surface area (Å²) in [5.74, 6) is 1.82. The molecule has 2 aliphatic heterocycles. The Labute approximate surface area is 176 Å². The number of piperazine rings is 1. The van der Waals surface area contributed by atoms with E-state index < -0.39 is 0 Å². The fraction of sp³-hybridized carbons (Fsp3) is 0.696. The minimum atomic E-state index is 0.802. The molecule has 2 saturated heterocycles. The monoisotopic (exact) mass is 401 g/mol. The van der Waals surface area contributed by atoms with Gasteiger partial charge in [-0.05, 0) is 30.7 Å². The Morgan fingerprint density at radius 3 is 2.48 bits per heavy atom. The van der Waals surface area contributed by atoms with Crippen molar-refractivity contribution in [2.45, 2.75) is 25.8 Å². The van der Waals surface area contributed by atoms with Crippen molar-refractivity contribution in [2.24, 2.45) is 10.9 Å². The largest absolute Gasteiger partial charge is 0.381 e. The topological polar surface area (TPSA) is 43.3 Å². The van der Waals surface area contributed by atoms with Gasteiger partial charge >= 0.3 is 0 Å². The first kappa shape index (κ1) is 22.1. The summed E-state index contributed by atoms with van der Waals surface area (Å²) in [7, 11) is 4.03. The molecule has 0 atom stereocenters. The van der Waals surface area contributed by atoms with Gasteiger partial charge in [-0.15, -0.1) is 0 Å². The summed E-state index contributed by atoms with van der Waals surface area (Å²) in [5, 5.41) is 3.55. The number of hydrogen-bond acceptors (Lipinski definition) is 4. The molecular formula is C23H39N5O. The van der Waals surface area contributed by atoms with E-state index in [1.54, 1.807) is 0 Å². The van der Waals surface area contributed by atoms with Crippen LogP contribution in [-0.4, -0.2) is 93.8 Å². The Kier molecular flexibility index (Phi) is 9.25. The van der Waals surface area contributed by atoms with Crippen molar-refractivity contribution in [3.8, 4) is 0 Å². The molecule has 1 aromatic carbocycles. The van der Waals surface area contributed by atoms with Gasteiger partial charge in [0.15, 0.2) is 5.96 Å². The minimum absolute atomic E-state index is 0.802. The maximum Gasteiger partial charge on any atom is 0.193 e. The van der Waals surface area contributed by atoms with E-state index in [1.165, 1.54) is 24.8 Å². The number of benzene rings is 1. The average Bonchev–Trinajstić information content (AvgIpc) is 2.78. The lowest BCUT2D eigenvalue weighted by molar-refractivity contribution is 0.0625. The number of rotatable bonds is 8. The van der Waals surface area contributed by atoms with E-state index in [2.05, 4.69) is 62.4 Å². The van der Waals surface area contributed by atoms with Crippen molar-refractivity contribution in [1.82, 2.24) is 20.0 Å². The molecule has 0 saturated carbocycles. The number of nitrogens with zero attached hydrogens (tertiary/aromatic N) is 4. The molecule has 0 unspecified atom stereocenters. The van der Waals surface area contributed by atoms with Crippen molar-refractivity contribution in [3.63, 3.8) is 0 Å². The standard InChI is InChI=1S/C23H39N5O/c1-24-23(26(2)12-8-21-9-18-29-19-10-21)25-11-13-27-14-16-28(17-15-27)20-22-6-4-3-5-7-22/h3-7,21H,8-20H2,1-2H3,(H,24,25). The Morgan fingerprint density at radius 1 is 1.10 bits per heavy atom. The van der Waals surface area contributed by atoms with Crippen molar-refractivity contribution in [3.05, 3.63) is 35.9 Å². The second-order valence-corrected chi connectivity index (χ2v) is 8.34. The fourth-order valence-corrected chi connectivity index (χ4v) is 4.24. The van der Waals surface area contributed by atoms with Gasteiger partial charge in [0, 0.05) is 79.7 Å². The summed E-state index contributed by atoms with van der Waals surface area (Å²) in [6.45, 7) is 10.6. The van der Waals surface area contributed by atoms with Crippen LogP contribution < -0.4 is 5.32 Å². The van der Waals surface area contributed by atoms with Gasteiger partial charge in [-0.2, -0.15) is 0 Å². The smallest absolute Gasteiger partial charge is 0.193 e. The second-order valence-electron chi connectivity index (χ2n) is 8.34. The SMILES string of the molecule is CN=C(NCCN1CCN(Cc2ccccc2)CC1)N(C)CCC1CCOCC1. The first-order valence-corrected chi connectivity index (χ1v) is 11.2. The predicted molar refractivity (Wildman–Crippen MR) is 120 cm³/mol. The average molecular weight is 402 g/mol. The van der Waals surface area contributed by atoms with Crippen LogP contribution in [-0.2, 0) is 11.3 Å². The quantitative estimate of drug-likeness (QED) is 0.534. The van der Waals surface area contributed by atoms with E-state index >= 15 is 0 Å². The predicted octanol–water partition coefficient (Wildman–Crippen LogP) is 2.13. The molecule has 2 aliphatic rings. The van der Waals surface area contributed by atoms with Crippen LogP contribution >= 0.6 is 0 Å². The zero-order chi connectivity index (χ0) is 20.3. The molecule has 1 N–H and O–H groups in total. The maximum absolute atomic E-state index is 5.46. The van der Waals surface area contributed by atoms with Crippen LogP contribution in [0.4, 0.5) is 0 Å². The lowest BCUT2D eigenvalue weighted by Gasteiger charge is -2.35. The van der Waals surface area contributed by atoms with E-state index in [4.69, 9.17) is 4.74 Å². The van der Waals surface area contributed by atoms with Gasteiger partial charge in [0.25, 0.3) is 0 Å². The molecule has 0 radical (unpaired) electrons. The summed E-state index contributed by atoms with van der Waals surface area (Å²) in [4.78, 5) is 11.9. The third kappa shape index (κ3) is 7.61. The normalized spacial score (nSPS) is 20.0. The molecule has 0 aliphatic carbocycles. The number of aliphatic imine (C=N–C) groups is 1. The van der Waals surface area contributed by atoms with E-state index in [-0.39, 0.29) is 0 Å². The lowest BCUT2D eigenvalue weighted by Crippen LogP contribution is -2.49. The summed E-state index contributed by atoms with van der Waals surface area (Å²) < 4.78 is 5.46. The number of guanidine groups is 1. The molecule has 29 heavy (non-hydrogen) atoms. The van der Waals surface area contributed by atoms with Crippen LogP contribution in [0.25, 0.3) is 0 Å². The highest BCUT2D eigenvalue weighted by molar-refractivity contribution is 5.79. The summed E-state index contributed by atoms with van der Waals surface area (Å²) >= 11 is 0. The third-order valence-electron chi connectivity index (χ3n) is 6.21. The number of hydrogen-bond donors (Lipinski definition) is 1. The van der Waals surface area contributed by atoms with E-state index in [0.29, 0.717) is 0 Å². The van der Waals surface area contributed by atoms with E-state index in [9.17, 15) is 0 Å². The van der Waals surface area contributed by atoms with Crippen LogP contribution in [0, 0.1) is 5.92 Å². The molecule has 162 valence electrons. The number of nitrogens with one attached hydrogen (secondary N) is 1. The van der Waals surface area contributed by atoms with Crippen LogP contribution in [0.5, 0.6) is 0 Å². The van der Waals surface area contributed by atoms with Crippen molar-refractivity contribution in [2.75, 3.05) is 73.1 Å². The highest BCUT2D eigenvalue weighted by Gasteiger charge is 2.18. The van der Waals surface area contributed by atoms with Crippen molar-refractivity contribution < 1.29 is 4.74 Å². The molecule has 2 fully saturated rings. The van der Waals surface area contributed by atoms with Crippen LogP contribution in [0.1, 0.15) is 24.8 Å². The summed E-state index contributed by atoms with van der Waals surface area (Å²) in [5.41, 5.74) is 1.41. The summed E-state index contributed by atoms with van der Waals surface area (Å²) in [6, 6.07) is 10.8. The molecule has 6 nitrogen and oxygen atoms in total. The Morgan fingerprint density at radius 2 is 1.79 bits per heavy atom. The summed E-state index contributed by atoms with van der Waals surface area (Å²) in [6.07, 6.45) is 3.64. The molecule has 6 heteroatoms. The van der Waals surface area contributed by atoms with Gasteiger partial charge in [-0.1, -0.05) is 30.3 Å². The minimum Gasteiger partial charge on any atom is -0.381 e. The Balaban J connectivity index is 1.29. The first-order valence-electron chi connectivity index (χ1n) is 11.2. The molecule has 0 spiro atoms. The molecule has 2 heterocycles. The second kappa shape index (κ2) is 12.2. The zero-order valence-electron chi connectivity index (χ0n) is 18.4.